The number of carbonyl (C=O) groups excluding carboxylic acids is 2. The van der Waals surface area contributed by atoms with E-state index in [4.69, 9.17) is 4.74 Å². The molecule has 1 aliphatic heterocycles. The van der Waals surface area contributed by atoms with Crippen LogP contribution in [0.5, 0.6) is 0 Å². The lowest BCUT2D eigenvalue weighted by Gasteiger charge is -2.26. The number of nitrogens with zero attached hydrogens (tertiary/aromatic N) is 1. The Bertz CT molecular complexity index is 225. The lowest BCUT2D eigenvalue weighted by Crippen LogP contribution is -2.44. The summed E-state index contributed by atoms with van der Waals surface area (Å²) in [5.74, 6) is 0.419. The zero-order valence-corrected chi connectivity index (χ0v) is 8.78. The Morgan fingerprint density at radius 1 is 1.57 bits per heavy atom. The third kappa shape index (κ3) is 3.46. The van der Waals surface area contributed by atoms with Crippen LogP contribution < -0.4 is 0 Å². The number of ether oxygens (including phenoxy) is 1. The molecule has 1 fully saturated rings. The first kappa shape index (κ1) is 11.2. The maximum atomic E-state index is 11.4. The van der Waals surface area contributed by atoms with Crippen LogP contribution in [0.15, 0.2) is 0 Å². The van der Waals surface area contributed by atoms with Gasteiger partial charge in [0.1, 0.15) is 6.61 Å². The summed E-state index contributed by atoms with van der Waals surface area (Å²) in [6, 6.07) is 0. The molecule has 0 unspecified atom stereocenters. The van der Waals surface area contributed by atoms with Gasteiger partial charge >= 0.3 is 0 Å². The lowest BCUT2D eigenvalue weighted by molar-refractivity contribution is -0.145. The molecule has 1 saturated heterocycles. The highest BCUT2D eigenvalue weighted by Gasteiger charge is 2.20. The van der Waals surface area contributed by atoms with Gasteiger partial charge < -0.3 is 9.64 Å². The van der Waals surface area contributed by atoms with Crippen LogP contribution in [0.4, 0.5) is 0 Å². The van der Waals surface area contributed by atoms with Crippen molar-refractivity contribution in [3.63, 3.8) is 0 Å². The molecule has 80 valence electrons. The highest BCUT2D eigenvalue weighted by atomic mass is 16.5. The zero-order chi connectivity index (χ0) is 10.6. The summed E-state index contributed by atoms with van der Waals surface area (Å²) in [5, 5.41) is 0. The van der Waals surface area contributed by atoms with Gasteiger partial charge in [-0.25, -0.2) is 0 Å². The van der Waals surface area contributed by atoms with E-state index in [2.05, 4.69) is 0 Å². The van der Waals surface area contributed by atoms with Crippen molar-refractivity contribution in [2.75, 3.05) is 26.3 Å². The van der Waals surface area contributed by atoms with Gasteiger partial charge in [0.05, 0.1) is 13.2 Å². The molecule has 0 saturated carbocycles. The van der Waals surface area contributed by atoms with E-state index in [0.29, 0.717) is 25.5 Å². The van der Waals surface area contributed by atoms with E-state index < -0.39 is 0 Å². The van der Waals surface area contributed by atoms with E-state index >= 15 is 0 Å². The molecule has 0 aromatic rings. The van der Waals surface area contributed by atoms with E-state index in [-0.39, 0.29) is 24.8 Å². The normalized spacial score (nSPS) is 17.6. The SMILES string of the molecule is CC(C)CC(=O)CN1CCOCC1=O. The second-order valence-electron chi connectivity index (χ2n) is 4.00. The summed E-state index contributed by atoms with van der Waals surface area (Å²) in [6.07, 6.45) is 0.546. The smallest absolute Gasteiger partial charge is 0.249 e. The average molecular weight is 199 g/mol. The largest absolute Gasteiger partial charge is 0.370 e. The molecule has 1 amide bonds. The zero-order valence-electron chi connectivity index (χ0n) is 8.78. The molecular formula is C10H17NO3. The molecule has 0 bridgehead atoms. The first-order valence-electron chi connectivity index (χ1n) is 4.97. The molecule has 0 spiro atoms. The predicted molar refractivity (Wildman–Crippen MR) is 51.9 cm³/mol. The molecule has 0 aromatic carbocycles. The monoisotopic (exact) mass is 199 g/mol. The molecule has 1 rings (SSSR count). The summed E-state index contributed by atoms with van der Waals surface area (Å²) in [6.45, 7) is 5.46. The summed E-state index contributed by atoms with van der Waals surface area (Å²) in [5.41, 5.74) is 0. The van der Waals surface area contributed by atoms with Crippen molar-refractivity contribution in [2.24, 2.45) is 5.92 Å². The van der Waals surface area contributed by atoms with E-state index in [1.165, 1.54) is 0 Å². The maximum absolute atomic E-state index is 11.4. The fourth-order valence-electron chi connectivity index (χ4n) is 1.45. The van der Waals surface area contributed by atoms with Gasteiger partial charge in [-0.2, -0.15) is 0 Å². The van der Waals surface area contributed by atoms with Crippen LogP contribution in [0, 0.1) is 5.92 Å². The van der Waals surface area contributed by atoms with Gasteiger partial charge in [-0.05, 0) is 5.92 Å². The van der Waals surface area contributed by atoms with Crippen LogP contribution in [0.1, 0.15) is 20.3 Å². The van der Waals surface area contributed by atoms with Gasteiger partial charge in [-0.3, -0.25) is 9.59 Å². The topological polar surface area (TPSA) is 46.6 Å². The molecule has 1 heterocycles. The molecule has 0 N–H and O–H groups in total. The minimum absolute atomic E-state index is 0.0756. The van der Waals surface area contributed by atoms with Crippen molar-refractivity contribution < 1.29 is 14.3 Å². The Hall–Kier alpha value is -0.900. The number of rotatable bonds is 4. The van der Waals surface area contributed by atoms with Gasteiger partial charge in [0.15, 0.2) is 5.78 Å². The van der Waals surface area contributed by atoms with Gasteiger partial charge in [-0.1, -0.05) is 13.8 Å². The van der Waals surface area contributed by atoms with E-state index in [0.717, 1.165) is 0 Å². The van der Waals surface area contributed by atoms with Gasteiger partial charge in [-0.15, -0.1) is 0 Å². The second-order valence-corrected chi connectivity index (χ2v) is 4.00. The molecule has 14 heavy (non-hydrogen) atoms. The molecule has 0 radical (unpaired) electrons. The fourth-order valence-corrected chi connectivity index (χ4v) is 1.45. The number of morpholine rings is 1. The number of hydrogen-bond donors (Lipinski definition) is 0. The minimum Gasteiger partial charge on any atom is -0.370 e. The first-order chi connectivity index (χ1) is 6.59. The van der Waals surface area contributed by atoms with Crippen molar-refractivity contribution >= 4 is 11.7 Å². The number of carbonyl (C=O) groups is 2. The lowest BCUT2D eigenvalue weighted by atomic mass is 10.1. The summed E-state index contributed by atoms with van der Waals surface area (Å²) < 4.78 is 4.97. The van der Waals surface area contributed by atoms with Gasteiger partial charge in [0.25, 0.3) is 0 Å². The van der Waals surface area contributed by atoms with E-state index in [1.807, 2.05) is 13.8 Å². The van der Waals surface area contributed by atoms with E-state index in [1.54, 1.807) is 4.90 Å². The quantitative estimate of drug-likeness (QED) is 0.661. The first-order valence-corrected chi connectivity index (χ1v) is 4.97. The van der Waals surface area contributed by atoms with Crippen LogP contribution in [-0.4, -0.2) is 42.9 Å². The minimum atomic E-state index is -0.0756. The van der Waals surface area contributed by atoms with E-state index in [9.17, 15) is 9.59 Å². The maximum Gasteiger partial charge on any atom is 0.249 e. The van der Waals surface area contributed by atoms with Crippen LogP contribution in [0.2, 0.25) is 0 Å². The Morgan fingerprint density at radius 3 is 2.86 bits per heavy atom. The summed E-state index contributed by atoms with van der Waals surface area (Å²) >= 11 is 0. The van der Waals surface area contributed by atoms with Crippen molar-refractivity contribution in [1.82, 2.24) is 4.90 Å². The number of amides is 1. The second kappa shape index (κ2) is 5.10. The van der Waals surface area contributed by atoms with Crippen LogP contribution in [0.25, 0.3) is 0 Å². The number of Topliss-reactive ketones (excluding diaryl/α,β-unsaturated/α-hetero) is 1. The highest BCUT2D eigenvalue weighted by Crippen LogP contribution is 2.04. The third-order valence-corrected chi connectivity index (χ3v) is 2.09. The number of hydrogen-bond acceptors (Lipinski definition) is 3. The van der Waals surface area contributed by atoms with Crippen molar-refractivity contribution in [3.8, 4) is 0 Å². The fraction of sp³-hybridized carbons (Fsp3) is 0.800. The summed E-state index contributed by atoms with van der Waals surface area (Å²) in [4.78, 5) is 24.3. The standard InChI is InChI=1S/C10H17NO3/c1-8(2)5-9(12)6-11-3-4-14-7-10(11)13/h8H,3-7H2,1-2H3. The van der Waals surface area contributed by atoms with Crippen molar-refractivity contribution in [2.45, 2.75) is 20.3 Å². The van der Waals surface area contributed by atoms with Crippen LogP contribution >= 0.6 is 0 Å². The molecule has 4 nitrogen and oxygen atoms in total. The Morgan fingerprint density at radius 2 is 2.29 bits per heavy atom. The molecular weight excluding hydrogens is 182 g/mol. The highest BCUT2D eigenvalue weighted by molar-refractivity contribution is 5.86. The Kier molecular flexibility index (Phi) is 4.07. The molecule has 1 aliphatic rings. The molecule has 0 aliphatic carbocycles. The van der Waals surface area contributed by atoms with Gasteiger partial charge in [0, 0.05) is 13.0 Å². The van der Waals surface area contributed by atoms with Crippen molar-refractivity contribution in [3.05, 3.63) is 0 Å². The molecule has 0 atom stereocenters. The average Bonchev–Trinajstić information content (AvgIpc) is 2.07. The Labute approximate surface area is 84.2 Å². The van der Waals surface area contributed by atoms with Crippen LogP contribution in [0.3, 0.4) is 0 Å². The van der Waals surface area contributed by atoms with Gasteiger partial charge in [0.2, 0.25) is 5.91 Å². The van der Waals surface area contributed by atoms with Crippen LogP contribution in [-0.2, 0) is 14.3 Å². The number of ketones is 1. The predicted octanol–water partition coefficient (Wildman–Crippen LogP) is 0.460. The Balaban J connectivity index is 2.34. The summed E-state index contributed by atoms with van der Waals surface area (Å²) in [7, 11) is 0. The molecule has 4 heteroatoms. The van der Waals surface area contributed by atoms with Crippen molar-refractivity contribution in [1.29, 1.82) is 0 Å². The molecule has 0 aromatic heterocycles. The third-order valence-electron chi connectivity index (χ3n) is 2.09.